The van der Waals surface area contributed by atoms with Crippen LogP contribution in [0.2, 0.25) is 0 Å². The lowest BCUT2D eigenvalue weighted by Crippen LogP contribution is -2.20. The van der Waals surface area contributed by atoms with Crippen LogP contribution in [0.4, 0.5) is 0 Å². The minimum atomic E-state index is -3.91. The second-order valence-corrected chi connectivity index (χ2v) is 8.47. The van der Waals surface area contributed by atoms with Crippen molar-refractivity contribution in [2.24, 2.45) is 0 Å². The molecule has 0 aliphatic rings. The summed E-state index contributed by atoms with van der Waals surface area (Å²) >= 11 is 0. The van der Waals surface area contributed by atoms with Gasteiger partial charge in [-0.25, -0.2) is 0 Å². The van der Waals surface area contributed by atoms with Gasteiger partial charge in [-0.1, -0.05) is 78.1 Å². The zero-order valence-electron chi connectivity index (χ0n) is 15.2. The lowest BCUT2D eigenvalue weighted by molar-refractivity contribution is 0.148. The van der Waals surface area contributed by atoms with Crippen molar-refractivity contribution in [1.29, 1.82) is 0 Å². The fourth-order valence-corrected chi connectivity index (χ4v) is 3.86. The molecule has 23 heavy (non-hydrogen) atoms. The van der Waals surface area contributed by atoms with E-state index in [1.807, 2.05) is 0 Å². The zero-order chi connectivity index (χ0) is 17.6. The summed E-state index contributed by atoms with van der Waals surface area (Å²) in [5.74, 6) is 0. The Labute approximate surface area is 143 Å². The third-order valence-corrected chi connectivity index (χ3v) is 5.82. The van der Waals surface area contributed by atoms with Gasteiger partial charge in [-0.05, 0) is 25.7 Å². The molecule has 0 spiro atoms. The molecule has 0 heterocycles. The molecule has 2 unspecified atom stereocenters. The molecule has 140 valence electrons. The quantitative estimate of drug-likeness (QED) is 0.300. The molecule has 0 aromatic rings. The molecule has 0 aliphatic heterocycles. The van der Waals surface area contributed by atoms with Gasteiger partial charge < -0.3 is 5.11 Å². The molecule has 4 nitrogen and oxygen atoms in total. The largest absolute Gasteiger partial charge is 0.393 e. The van der Waals surface area contributed by atoms with Gasteiger partial charge in [0.25, 0.3) is 10.1 Å². The van der Waals surface area contributed by atoms with E-state index in [9.17, 15) is 18.1 Å². The van der Waals surface area contributed by atoms with Crippen LogP contribution in [0.1, 0.15) is 104 Å². The third kappa shape index (κ3) is 14.0. The van der Waals surface area contributed by atoms with Crippen molar-refractivity contribution >= 4 is 10.1 Å². The van der Waals surface area contributed by atoms with Gasteiger partial charge in [0.1, 0.15) is 0 Å². The molecule has 0 aromatic heterocycles. The van der Waals surface area contributed by atoms with E-state index in [1.165, 1.54) is 0 Å². The van der Waals surface area contributed by atoms with Crippen LogP contribution < -0.4 is 0 Å². The Morgan fingerprint density at radius 3 is 1.61 bits per heavy atom. The van der Waals surface area contributed by atoms with Crippen LogP contribution in [0, 0.1) is 0 Å². The van der Waals surface area contributed by atoms with E-state index in [-0.39, 0.29) is 6.10 Å². The van der Waals surface area contributed by atoms with E-state index in [4.69, 9.17) is 0 Å². The van der Waals surface area contributed by atoms with Crippen molar-refractivity contribution < 1.29 is 18.1 Å². The van der Waals surface area contributed by atoms with E-state index in [2.05, 4.69) is 13.8 Å². The molecule has 5 heteroatoms. The van der Waals surface area contributed by atoms with Gasteiger partial charge in [-0.2, -0.15) is 8.42 Å². The maximum atomic E-state index is 11.4. The van der Waals surface area contributed by atoms with Gasteiger partial charge in [0.2, 0.25) is 0 Å². The monoisotopic (exact) mass is 350 g/mol. The average Bonchev–Trinajstić information content (AvgIpc) is 2.49. The molecule has 0 saturated carbocycles. The fourth-order valence-electron chi connectivity index (χ4n) is 2.93. The first kappa shape index (κ1) is 22.9. The van der Waals surface area contributed by atoms with Crippen molar-refractivity contribution in [3.8, 4) is 0 Å². The van der Waals surface area contributed by atoms with Crippen LogP contribution in [-0.4, -0.2) is 29.4 Å². The van der Waals surface area contributed by atoms with Crippen molar-refractivity contribution in [2.45, 2.75) is 115 Å². The van der Waals surface area contributed by atoms with Crippen LogP contribution in [0.15, 0.2) is 0 Å². The highest BCUT2D eigenvalue weighted by atomic mass is 32.2. The Morgan fingerprint density at radius 1 is 0.696 bits per heavy atom. The molecule has 0 aliphatic carbocycles. The van der Waals surface area contributed by atoms with E-state index in [0.29, 0.717) is 12.8 Å². The highest BCUT2D eigenvalue weighted by molar-refractivity contribution is 7.86. The van der Waals surface area contributed by atoms with Crippen LogP contribution in [0.5, 0.6) is 0 Å². The van der Waals surface area contributed by atoms with Gasteiger partial charge in [-0.15, -0.1) is 0 Å². The van der Waals surface area contributed by atoms with Crippen molar-refractivity contribution in [3.05, 3.63) is 0 Å². The van der Waals surface area contributed by atoms with E-state index in [0.717, 1.165) is 77.0 Å². The SMILES string of the molecule is CCCCCCC(CCCCCCC(O)CCCC)S(=O)(=O)O. The van der Waals surface area contributed by atoms with Crippen LogP contribution in [-0.2, 0) is 10.1 Å². The smallest absolute Gasteiger partial charge is 0.267 e. The second-order valence-electron chi connectivity index (χ2n) is 6.77. The highest BCUT2D eigenvalue weighted by Crippen LogP contribution is 2.19. The Bertz CT molecular complexity index is 354. The summed E-state index contributed by atoms with van der Waals surface area (Å²) in [6, 6.07) is 0. The van der Waals surface area contributed by atoms with Gasteiger partial charge in [0.05, 0.1) is 11.4 Å². The highest BCUT2D eigenvalue weighted by Gasteiger charge is 2.21. The first-order valence-electron chi connectivity index (χ1n) is 9.56. The molecule has 0 bridgehead atoms. The summed E-state index contributed by atoms with van der Waals surface area (Å²) in [7, 11) is -3.91. The number of unbranched alkanes of at least 4 members (excludes halogenated alkanes) is 7. The second kappa shape index (κ2) is 14.2. The first-order chi connectivity index (χ1) is 10.9. The van der Waals surface area contributed by atoms with E-state index < -0.39 is 15.4 Å². The van der Waals surface area contributed by atoms with Gasteiger partial charge in [-0.3, -0.25) is 4.55 Å². The summed E-state index contributed by atoms with van der Waals surface area (Å²) in [6.45, 7) is 4.25. The van der Waals surface area contributed by atoms with Crippen molar-refractivity contribution in [1.82, 2.24) is 0 Å². The third-order valence-electron chi connectivity index (χ3n) is 4.51. The lowest BCUT2D eigenvalue weighted by atomic mass is 10.0. The molecular weight excluding hydrogens is 312 g/mol. The number of aliphatic hydroxyl groups excluding tert-OH is 1. The van der Waals surface area contributed by atoms with E-state index >= 15 is 0 Å². The predicted molar refractivity (Wildman–Crippen MR) is 97.3 cm³/mol. The van der Waals surface area contributed by atoms with Gasteiger partial charge in [0, 0.05) is 0 Å². The molecule has 0 radical (unpaired) electrons. The summed E-state index contributed by atoms with van der Waals surface area (Å²) in [4.78, 5) is 0. The maximum Gasteiger partial charge on any atom is 0.267 e. The maximum absolute atomic E-state index is 11.4. The molecule has 0 fully saturated rings. The molecule has 0 rings (SSSR count). The topological polar surface area (TPSA) is 74.6 Å². The first-order valence-corrected chi connectivity index (χ1v) is 11.1. The van der Waals surface area contributed by atoms with Gasteiger partial charge >= 0.3 is 0 Å². The van der Waals surface area contributed by atoms with E-state index in [1.54, 1.807) is 0 Å². The minimum Gasteiger partial charge on any atom is -0.393 e. The lowest BCUT2D eigenvalue weighted by Gasteiger charge is -2.14. The standard InChI is InChI=1S/C18H38O4S/c1-3-5-7-11-15-18(23(20,21)22)16-12-9-8-10-14-17(19)13-6-4-2/h17-19H,3-16H2,1-2H3,(H,20,21,22). The fraction of sp³-hybridized carbons (Fsp3) is 1.00. The molecule has 2 atom stereocenters. The van der Waals surface area contributed by atoms with Gasteiger partial charge in [0.15, 0.2) is 0 Å². The predicted octanol–water partition coefficient (Wildman–Crippen LogP) is 5.10. The molecular formula is C18H38O4S. The summed E-state index contributed by atoms with van der Waals surface area (Å²) < 4.78 is 32.2. The van der Waals surface area contributed by atoms with Crippen molar-refractivity contribution in [2.75, 3.05) is 0 Å². The summed E-state index contributed by atoms with van der Waals surface area (Å²) in [6.07, 6.45) is 12.9. The summed E-state index contributed by atoms with van der Waals surface area (Å²) in [5.41, 5.74) is 0. The average molecular weight is 351 g/mol. The molecule has 0 saturated heterocycles. The van der Waals surface area contributed by atoms with Crippen molar-refractivity contribution in [3.63, 3.8) is 0 Å². The van der Waals surface area contributed by atoms with Crippen LogP contribution >= 0.6 is 0 Å². The zero-order valence-corrected chi connectivity index (χ0v) is 16.0. The Morgan fingerprint density at radius 2 is 1.13 bits per heavy atom. The number of hydrogen-bond donors (Lipinski definition) is 2. The van der Waals surface area contributed by atoms with Crippen LogP contribution in [0.25, 0.3) is 0 Å². The van der Waals surface area contributed by atoms with Crippen LogP contribution in [0.3, 0.4) is 0 Å². The number of rotatable bonds is 16. The molecule has 0 amide bonds. The normalized spacial score (nSPS) is 14.8. The Balaban J connectivity index is 3.78. The Kier molecular flexibility index (Phi) is 14.2. The number of hydrogen-bond acceptors (Lipinski definition) is 3. The molecule has 2 N–H and O–H groups in total. The number of aliphatic hydroxyl groups is 1. The Hall–Kier alpha value is -0.130. The minimum absolute atomic E-state index is 0.181. The molecule has 0 aromatic carbocycles. The summed E-state index contributed by atoms with van der Waals surface area (Å²) in [5, 5.41) is 9.17.